The second-order valence-electron chi connectivity index (χ2n) is 2.18. The van der Waals surface area contributed by atoms with Crippen LogP contribution in [0.4, 0.5) is 0 Å². The Bertz CT molecular complexity index is 138. The van der Waals surface area contributed by atoms with Crippen molar-refractivity contribution in [1.29, 1.82) is 0 Å². The van der Waals surface area contributed by atoms with E-state index in [9.17, 15) is 9.59 Å². The number of amides is 1. The van der Waals surface area contributed by atoms with Gasteiger partial charge in [0.05, 0.1) is 0 Å². The minimum Gasteiger partial charge on any atom is -0.368 e. The van der Waals surface area contributed by atoms with Gasteiger partial charge in [-0.1, -0.05) is 0 Å². The molecular weight excluding hydrogens is 148 g/mol. The Labute approximate surface area is 64.5 Å². The largest absolute Gasteiger partial charge is 0.368 e. The van der Waals surface area contributed by atoms with Gasteiger partial charge in [0, 0.05) is 6.42 Å². The van der Waals surface area contributed by atoms with Crippen LogP contribution in [0, 0.1) is 0 Å². The number of unbranched alkanes of at least 4 members (excludes halogenated alkanes) is 1. The molecule has 0 fully saturated rings. The molecule has 0 saturated carbocycles. The summed E-state index contributed by atoms with van der Waals surface area (Å²) in [5, 5.41) is 8.36. The van der Waals surface area contributed by atoms with Crippen molar-refractivity contribution in [1.82, 2.24) is 5.48 Å². The summed E-state index contributed by atoms with van der Waals surface area (Å²) in [6.07, 6.45) is 2.07. The Morgan fingerprint density at radius 2 is 2.36 bits per heavy atom. The molecule has 5 heteroatoms. The van der Waals surface area contributed by atoms with Gasteiger partial charge in [-0.05, 0) is 12.8 Å². The van der Waals surface area contributed by atoms with Crippen molar-refractivity contribution in [2.75, 3.05) is 0 Å². The fraction of sp³-hybridized carbons (Fsp3) is 0.667. The van der Waals surface area contributed by atoms with Gasteiger partial charge in [0.1, 0.15) is 12.3 Å². The summed E-state index contributed by atoms with van der Waals surface area (Å²) in [6.45, 7) is 0. The molecular formula is C6H12N2O3. The predicted molar refractivity (Wildman–Crippen MR) is 37.8 cm³/mol. The summed E-state index contributed by atoms with van der Waals surface area (Å²) in [6, 6.07) is -0.741. The molecule has 4 N–H and O–H groups in total. The summed E-state index contributed by atoms with van der Waals surface area (Å²) >= 11 is 0. The third-order valence-electron chi connectivity index (χ3n) is 1.31. The molecule has 64 valence electrons. The molecule has 0 aliphatic rings. The highest BCUT2D eigenvalue weighted by Crippen LogP contribution is 1.97. The van der Waals surface area contributed by atoms with E-state index in [-0.39, 0.29) is 0 Å². The second-order valence-corrected chi connectivity index (χ2v) is 2.18. The maximum absolute atomic E-state index is 10.4. The molecule has 0 aromatic heterocycles. The van der Waals surface area contributed by atoms with Crippen molar-refractivity contribution in [3.8, 4) is 0 Å². The molecule has 0 spiro atoms. The first kappa shape index (κ1) is 10.1. The van der Waals surface area contributed by atoms with E-state index in [0.29, 0.717) is 19.3 Å². The molecule has 5 nitrogen and oxygen atoms in total. The lowest BCUT2D eigenvalue weighted by Gasteiger charge is -2.08. The number of aldehydes is 1. The van der Waals surface area contributed by atoms with Gasteiger partial charge < -0.3 is 15.7 Å². The number of carbonyl (C=O) groups is 2. The van der Waals surface area contributed by atoms with E-state index in [1.165, 1.54) is 0 Å². The monoisotopic (exact) mass is 160 g/mol. The summed E-state index contributed by atoms with van der Waals surface area (Å²) in [7, 11) is 0. The number of nitrogens with one attached hydrogen (secondary N) is 1. The van der Waals surface area contributed by atoms with Crippen LogP contribution in [-0.4, -0.2) is 23.4 Å². The van der Waals surface area contributed by atoms with E-state index >= 15 is 0 Å². The van der Waals surface area contributed by atoms with E-state index in [0.717, 1.165) is 6.29 Å². The van der Waals surface area contributed by atoms with Crippen molar-refractivity contribution in [3.05, 3.63) is 0 Å². The normalized spacial score (nSPS) is 12.5. The van der Waals surface area contributed by atoms with Gasteiger partial charge in [-0.15, -0.1) is 0 Å². The molecule has 0 radical (unpaired) electrons. The average Bonchev–Trinajstić information content (AvgIpc) is 1.97. The van der Waals surface area contributed by atoms with Gasteiger partial charge in [0.2, 0.25) is 5.91 Å². The van der Waals surface area contributed by atoms with Gasteiger partial charge in [0.25, 0.3) is 0 Å². The molecule has 0 aromatic carbocycles. The zero-order chi connectivity index (χ0) is 8.69. The predicted octanol–water partition coefficient (Wildman–Crippen LogP) is -0.812. The second kappa shape index (κ2) is 5.82. The number of hydrogen-bond donors (Lipinski definition) is 3. The summed E-state index contributed by atoms with van der Waals surface area (Å²) in [5.74, 6) is -0.613. The first-order valence-corrected chi connectivity index (χ1v) is 3.35. The molecule has 0 heterocycles. The van der Waals surface area contributed by atoms with Crippen LogP contribution >= 0.6 is 0 Å². The van der Waals surface area contributed by atoms with E-state index in [4.69, 9.17) is 10.9 Å². The van der Waals surface area contributed by atoms with Crippen LogP contribution in [0.25, 0.3) is 0 Å². The van der Waals surface area contributed by atoms with E-state index in [2.05, 4.69) is 0 Å². The lowest BCUT2D eigenvalue weighted by atomic mass is 10.1. The topological polar surface area (TPSA) is 92.4 Å². The Kier molecular flexibility index (Phi) is 5.32. The molecule has 0 aliphatic heterocycles. The Hall–Kier alpha value is -0.940. The Morgan fingerprint density at radius 3 is 2.73 bits per heavy atom. The van der Waals surface area contributed by atoms with Crippen molar-refractivity contribution in [3.63, 3.8) is 0 Å². The van der Waals surface area contributed by atoms with Crippen molar-refractivity contribution in [2.24, 2.45) is 5.73 Å². The number of hydrogen-bond acceptors (Lipinski definition) is 4. The van der Waals surface area contributed by atoms with Crippen LogP contribution in [0.1, 0.15) is 19.3 Å². The third-order valence-corrected chi connectivity index (χ3v) is 1.31. The maximum Gasteiger partial charge on any atom is 0.236 e. The molecule has 11 heavy (non-hydrogen) atoms. The Morgan fingerprint density at radius 1 is 1.73 bits per heavy atom. The lowest BCUT2D eigenvalue weighted by Crippen LogP contribution is -2.39. The smallest absolute Gasteiger partial charge is 0.236 e. The summed E-state index contributed by atoms with van der Waals surface area (Å²) in [5.41, 5.74) is 6.65. The number of carbonyl (C=O) groups excluding carboxylic acids is 2. The minimum absolute atomic E-state index is 0.380. The van der Waals surface area contributed by atoms with Gasteiger partial charge in [-0.25, -0.2) is 0 Å². The highest BCUT2D eigenvalue weighted by atomic mass is 16.5. The van der Waals surface area contributed by atoms with Gasteiger partial charge >= 0.3 is 0 Å². The number of rotatable bonds is 6. The van der Waals surface area contributed by atoms with Gasteiger partial charge in [-0.2, -0.15) is 5.48 Å². The first-order valence-electron chi connectivity index (χ1n) is 3.35. The quantitative estimate of drug-likeness (QED) is 0.269. The number of primary amides is 1. The maximum atomic E-state index is 10.4. The van der Waals surface area contributed by atoms with Gasteiger partial charge in [-0.3, -0.25) is 4.79 Å². The Balaban J connectivity index is 3.52. The molecule has 0 aromatic rings. The SMILES string of the molecule is NC(=O)C(CCCC=O)NO. The molecule has 1 amide bonds. The molecule has 0 aliphatic carbocycles. The molecule has 1 unspecified atom stereocenters. The average molecular weight is 160 g/mol. The summed E-state index contributed by atoms with van der Waals surface area (Å²) < 4.78 is 0. The molecule has 0 bridgehead atoms. The van der Waals surface area contributed by atoms with Crippen LogP contribution in [-0.2, 0) is 9.59 Å². The van der Waals surface area contributed by atoms with E-state index in [1.807, 2.05) is 0 Å². The van der Waals surface area contributed by atoms with Crippen LogP contribution in [0.15, 0.2) is 0 Å². The van der Waals surface area contributed by atoms with Crippen LogP contribution in [0.3, 0.4) is 0 Å². The number of nitrogens with two attached hydrogens (primary N) is 1. The zero-order valence-corrected chi connectivity index (χ0v) is 6.12. The van der Waals surface area contributed by atoms with Gasteiger partial charge in [0.15, 0.2) is 0 Å². The van der Waals surface area contributed by atoms with Crippen molar-refractivity contribution in [2.45, 2.75) is 25.3 Å². The zero-order valence-electron chi connectivity index (χ0n) is 6.12. The highest BCUT2D eigenvalue weighted by Gasteiger charge is 2.12. The minimum atomic E-state index is -0.741. The fourth-order valence-corrected chi connectivity index (χ4v) is 0.676. The van der Waals surface area contributed by atoms with Crippen molar-refractivity contribution >= 4 is 12.2 Å². The van der Waals surface area contributed by atoms with Crippen LogP contribution in [0.5, 0.6) is 0 Å². The molecule has 1 atom stereocenters. The first-order chi connectivity index (χ1) is 5.22. The molecule has 0 rings (SSSR count). The van der Waals surface area contributed by atoms with Crippen LogP contribution < -0.4 is 11.2 Å². The standard InChI is InChI=1S/C6H12N2O3/c7-6(10)5(8-11)3-1-2-4-9/h4-5,8,11H,1-3H2,(H2,7,10). The molecule has 0 saturated heterocycles. The van der Waals surface area contributed by atoms with Crippen LogP contribution in [0.2, 0.25) is 0 Å². The number of hydroxylamine groups is 1. The van der Waals surface area contributed by atoms with E-state index in [1.54, 1.807) is 5.48 Å². The highest BCUT2D eigenvalue weighted by molar-refractivity contribution is 5.79. The third kappa shape index (κ3) is 4.46. The summed E-state index contributed by atoms with van der Waals surface area (Å²) in [4.78, 5) is 20.3. The lowest BCUT2D eigenvalue weighted by molar-refractivity contribution is -0.123. The fourth-order valence-electron chi connectivity index (χ4n) is 0.676. The van der Waals surface area contributed by atoms with E-state index < -0.39 is 11.9 Å². The van der Waals surface area contributed by atoms with Crippen molar-refractivity contribution < 1.29 is 14.8 Å².